The Balaban J connectivity index is 2.79. The van der Waals surface area contributed by atoms with Crippen LogP contribution in [0.4, 0.5) is 0 Å². The molecule has 24 heavy (non-hydrogen) atoms. The van der Waals surface area contributed by atoms with E-state index in [4.69, 9.17) is 0 Å². The van der Waals surface area contributed by atoms with E-state index in [1.807, 2.05) is 19.9 Å². The van der Waals surface area contributed by atoms with Gasteiger partial charge in [0, 0.05) is 19.3 Å². The van der Waals surface area contributed by atoms with Crippen molar-refractivity contribution in [1.29, 1.82) is 0 Å². The van der Waals surface area contributed by atoms with Gasteiger partial charge in [0.05, 0.1) is 18.0 Å². The number of amides is 1. The van der Waals surface area contributed by atoms with Crippen LogP contribution in [0.3, 0.4) is 0 Å². The van der Waals surface area contributed by atoms with E-state index in [1.54, 1.807) is 19.1 Å². The second-order valence-electron chi connectivity index (χ2n) is 5.37. The monoisotopic (exact) mass is 354 g/mol. The highest BCUT2D eigenvalue weighted by molar-refractivity contribution is 7.90. The van der Waals surface area contributed by atoms with Crippen LogP contribution in [0, 0.1) is 6.92 Å². The molecule has 1 amide bonds. The molecule has 0 bridgehead atoms. The topological polar surface area (TPSA) is 99.7 Å². The number of carbonyl (C=O) groups excluding carboxylic acids is 1. The highest BCUT2D eigenvalue weighted by atomic mass is 32.2. The number of nitrogens with one attached hydrogen (secondary N) is 3. The van der Waals surface area contributed by atoms with E-state index >= 15 is 0 Å². The van der Waals surface area contributed by atoms with Crippen LogP contribution in [-0.4, -0.2) is 46.2 Å². The number of aryl methyl sites for hydroxylation is 1. The molecule has 0 heterocycles. The molecule has 0 saturated heterocycles. The largest absolute Gasteiger partial charge is 0.357 e. The summed E-state index contributed by atoms with van der Waals surface area (Å²) in [6, 6.07) is 5.16. The zero-order chi connectivity index (χ0) is 18.2. The first kappa shape index (κ1) is 20.0. The normalized spacial score (nSPS) is 11.9. The van der Waals surface area contributed by atoms with Crippen LogP contribution in [-0.2, 0) is 21.2 Å². The molecule has 1 rings (SSSR count). The molecule has 0 spiro atoms. The molecule has 0 unspecified atom stereocenters. The number of aliphatic imine (C=N–C) groups is 1. The van der Waals surface area contributed by atoms with Crippen molar-refractivity contribution in [1.82, 2.24) is 16.0 Å². The number of likely N-dealkylation sites (N-methyl/N-ethyl adjacent to an activating group) is 1. The van der Waals surface area contributed by atoms with Gasteiger partial charge in [0.25, 0.3) is 0 Å². The summed E-state index contributed by atoms with van der Waals surface area (Å²) in [5, 5.41) is 8.72. The smallest absolute Gasteiger partial charge is 0.239 e. The van der Waals surface area contributed by atoms with Crippen molar-refractivity contribution < 1.29 is 13.2 Å². The van der Waals surface area contributed by atoms with Gasteiger partial charge in [0.15, 0.2) is 15.8 Å². The zero-order valence-corrected chi connectivity index (χ0v) is 15.5. The third kappa shape index (κ3) is 6.57. The maximum Gasteiger partial charge on any atom is 0.239 e. The van der Waals surface area contributed by atoms with Crippen LogP contribution >= 0.6 is 0 Å². The summed E-state index contributed by atoms with van der Waals surface area (Å²) in [6.07, 6.45) is 1.20. The third-order valence-electron chi connectivity index (χ3n) is 3.19. The van der Waals surface area contributed by atoms with Gasteiger partial charge in [-0.05, 0) is 38.0 Å². The van der Waals surface area contributed by atoms with Crippen molar-refractivity contribution in [2.45, 2.75) is 32.2 Å². The Labute approximate surface area is 143 Å². The lowest BCUT2D eigenvalue weighted by molar-refractivity contribution is -0.119. The molecule has 7 nitrogen and oxygen atoms in total. The average molecular weight is 354 g/mol. The molecule has 0 radical (unpaired) electrons. The summed E-state index contributed by atoms with van der Waals surface area (Å²) < 4.78 is 23.3. The molecule has 0 fully saturated rings. The van der Waals surface area contributed by atoms with Crippen molar-refractivity contribution in [2.24, 2.45) is 4.99 Å². The minimum absolute atomic E-state index is 0.101. The average Bonchev–Trinajstić information content (AvgIpc) is 2.49. The molecular weight excluding hydrogens is 328 g/mol. The third-order valence-corrected chi connectivity index (χ3v) is 4.45. The van der Waals surface area contributed by atoms with E-state index in [1.165, 1.54) is 6.26 Å². The van der Waals surface area contributed by atoms with Crippen LogP contribution in [0.5, 0.6) is 0 Å². The van der Waals surface area contributed by atoms with Gasteiger partial charge in [-0.25, -0.2) is 13.4 Å². The molecule has 0 aliphatic carbocycles. The number of carbonyl (C=O) groups is 1. The molecule has 134 valence electrons. The SMILES string of the molecule is CCNC(=O)CNC(=NCc1ccc(S(C)(=O)=O)c(C)c1)NCC. The molecular formula is C16H26N4O3S. The summed E-state index contributed by atoms with van der Waals surface area (Å²) in [5.41, 5.74) is 1.60. The fourth-order valence-electron chi connectivity index (χ4n) is 2.16. The lowest BCUT2D eigenvalue weighted by atomic mass is 10.1. The summed E-state index contributed by atoms with van der Waals surface area (Å²) >= 11 is 0. The molecule has 1 aromatic rings. The fraction of sp³-hybridized carbons (Fsp3) is 0.500. The maximum atomic E-state index is 11.6. The van der Waals surface area contributed by atoms with Gasteiger partial charge in [-0.2, -0.15) is 0 Å². The van der Waals surface area contributed by atoms with Gasteiger partial charge in [-0.15, -0.1) is 0 Å². The van der Waals surface area contributed by atoms with Crippen molar-refractivity contribution >= 4 is 21.7 Å². The van der Waals surface area contributed by atoms with E-state index < -0.39 is 9.84 Å². The van der Waals surface area contributed by atoms with Crippen molar-refractivity contribution in [2.75, 3.05) is 25.9 Å². The van der Waals surface area contributed by atoms with Crippen LogP contribution in [0.1, 0.15) is 25.0 Å². The van der Waals surface area contributed by atoms with Crippen LogP contribution < -0.4 is 16.0 Å². The Morgan fingerprint density at radius 1 is 1.12 bits per heavy atom. The van der Waals surface area contributed by atoms with Crippen LogP contribution in [0.25, 0.3) is 0 Å². The Morgan fingerprint density at radius 2 is 1.79 bits per heavy atom. The highest BCUT2D eigenvalue weighted by Crippen LogP contribution is 2.17. The summed E-state index contributed by atoms with van der Waals surface area (Å²) in [4.78, 5) is 16.2. The molecule has 8 heteroatoms. The minimum atomic E-state index is -3.22. The Bertz CT molecular complexity index is 699. The second-order valence-corrected chi connectivity index (χ2v) is 7.36. The number of hydrogen-bond donors (Lipinski definition) is 3. The predicted octanol–water partition coefficient (Wildman–Crippen LogP) is 0.590. The van der Waals surface area contributed by atoms with Crippen LogP contribution in [0.2, 0.25) is 0 Å². The number of benzene rings is 1. The van der Waals surface area contributed by atoms with Gasteiger partial charge in [-0.1, -0.05) is 12.1 Å². The molecule has 0 aromatic heterocycles. The van der Waals surface area contributed by atoms with Gasteiger partial charge in [0.2, 0.25) is 5.91 Å². The van der Waals surface area contributed by atoms with Crippen molar-refractivity contribution in [3.8, 4) is 0 Å². The first-order valence-corrected chi connectivity index (χ1v) is 9.75. The number of guanidine groups is 1. The van der Waals surface area contributed by atoms with Gasteiger partial charge in [-0.3, -0.25) is 4.79 Å². The van der Waals surface area contributed by atoms with Crippen LogP contribution in [0.15, 0.2) is 28.1 Å². The fourth-order valence-corrected chi connectivity index (χ4v) is 3.12. The molecule has 0 saturated carbocycles. The van der Waals surface area contributed by atoms with Crippen molar-refractivity contribution in [3.63, 3.8) is 0 Å². The van der Waals surface area contributed by atoms with E-state index in [9.17, 15) is 13.2 Å². The molecule has 0 aliphatic rings. The summed E-state index contributed by atoms with van der Waals surface area (Å²) in [5.74, 6) is 0.435. The van der Waals surface area contributed by atoms with Gasteiger partial charge in [0.1, 0.15) is 0 Å². The lowest BCUT2D eigenvalue weighted by Gasteiger charge is -2.11. The van der Waals surface area contributed by atoms with E-state index in [0.29, 0.717) is 36.1 Å². The number of nitrogens with zero attached hydrogens (tertiary/aromatic N) is 1. The minimum Gasteiger partial charge on any atom is -0.357 e. The summed E-state index contributed by atoms with van der Waals surface area (Å²) in [7, 11) is -3.22. The quantitative estimate of drug-likeness (QED) is 0.492. The van der Waals surface area contributed by atoms with E-state index in [2.05, 4.69) is 20.9 Å². The molecule has 0 aliphatic heterocycles. The lowest BCUT2D eigenvalue weighted by Crippen LogP contribution is -2.43. The first-order valence-electron chi connectivity index (χ1n) is 7.86. The Hall–Kier alpha value is -2.09. The zero-order valence-electron chi connectivity index (χ0n) is 14.6. The predicted molar refractivity (Wildman–Crippen MR) is 95.8 cm³/mol. The number of hydrogen-bond acceptors (Lipinski definition) is 4. The van der Waals surface area contributed by atoms with Gasteiger partial charge >= 0.3 is 0 Å². The van der Waals surface area contributed by atoms with Gasteiger partial charge < -0.3 is 16.0 Å². The molecule has 3 N–H and O–H groups in total. The molecule has 0 atom stereocenters. The van der Waals surface area contributed by atoms with E-state index in [-0.39, 0.29) is 12.5 Å². The van der Waals surface area contributed by atoms with E-state index in [0.717, 1.165) is 5.56 Å². The molecule has 1 aromatic carbocycles. The first-order chi connectivity index (χ1) is 11.3. The maximum absolute atomic E-state index is 11.6. The van der Waals surface area contributed by atoms with Crippen molar-refractivity contribution in [3.05, 3.63) is 29.3 Å². The number of sulfone groups is 1. The summed E-state index contributed by atoms with van der Waals surface area (Å²) in [6.45, 7) is 7.35. The number of rotatable bonds is 7. The highest BCUT2D eigenvalue weighted by Gasteiger charge is 2.10. The Morgan fingerprint density at radius 3 is 2.33 bits per heavy atom. The Kier molecular flexibility index (Phi) is 7.70. The standard InChI is InChI=1S/C16H26N4O3S/c1-5-17-15(21)11-20-16(18-6-2)19-10-13-7-8-14(12(3)9-13)24(4,22)23/h7-9H,5-6,10-11H2,1-4H3,(H,17,21)(H2,18,19,20). The second kappa shape index (κ2) is 9.27.